The van der Waals surface area contributed by atoms with E-state index in [4.69, 9.17) is 15.2 Å². The Balaban J connectivity index is 0.00000220. The minimum Gasteiger partial charge on any atom is -0.486 e. The molecule has 21 heavy (non-hydrogen) atoms. The molecule has 1 atom stereocenters. The molecule has 1 heterocycles. The Morgan fingerprint density at radius 2 is 1.95 bits per heavy atom. The number of benzene rings is 1. The smallest absolute Gasteiger partial charge is 0.237 e. The minimum absolute atomic E-state index is 0. The molecule has 0 saturated carbocycles. The fourth-order valence-electron chi connectivity index (χ4n) is 1.99. The molecule has 0 radical (unpaired) electrons. The second kappa shape index (κ2) is 8.10. The topological polar surface area (TPSA) is 73.6 Å². The van der Waals surface area contributed by atoms with Gasteiger partial charge >= 0.3 is 0 Å². The highest BCUT2D eigenvalue weighted by Gasteiger charge is 2.16. The fraction of sp³-hybridized carbons (Fsp3) is 0.533. The van der Waals surface area contributed by atoms with Crippen molar-refractivity contribution in [2.24, 2.45) is 11.7 Å². The van der Waals surface area contributed by atoms with Gasteiger partial charge in [-0.15, -0.1) is 12.4 Å². The van der Waals surface area contributed by atoms with Gasteiger partial charge in [0.1, 0.15) is 13.2 Å². The van der Waals surface area contributed by atoms with Crippen LogP contribution in [0.1, 0.15) is 19.4 Å². The van der Waals surface area contributed by atoms with Gasteiger partial charge in [-0.3, -0.25) is 4.79 Å². The molecular weight excluding hydrogens is 292 g/mol. The number of hydrogen-bond donors (Lipinski definition) is 2. The average molecular weight is 315 g/mol. The van der Waals surface area contributed by atoms with Crippen LogP contribution in [0, 0.1) is 5.92 Å². The predicted molar refractivity (Wildman–Crippen MR) is 84.2 cm³/mol. The van der Waals surface area contributed by atoms with Crippen LogP contribution < -0.4 is 20.5 Å². The van der Waals surface area contributed by atoms with Crippen LogP contribution >= 0.6 is 12.4 Å². The van der Waals surface area contributed by atoms with E-state index < -0.39 is 6.04 Å². The summed E-state index contributed by atoms with van der Waals surface area (Å²) in [6.45, 7) is 5.61. The number of nitrogens with two attached hydrogens (primary N) is 1. The van der Waals surface area contributed by atoms with Crippen LogP contribution in [0.5, 0.6) is 11.5 Å². The van der Waals surface area contributed by atoms with Crippen LogP contribution in [0.25, 0.3) is 0 Å². The van der Waals surface area contributed by atoms with Crippen LogP contribution in [0.4, 0.5) is 0 Å². The number of nitrogens with one attached hydrogen (secondary N) is 1. The van der Waals surface area contributed by atoms with Gasteiger partial charge in [0.15, 0.2) is 11.5 Å². The third kappa shape index (κ3) is 4.79. The molecule has 1 aliphatic heterocycles. The van der Waals surface area contributed by atoms with Crippen molar-refractivity contribution in [3.63, 3.8) is 0 Å². The molecule has 1 aromatic carbocycles. The van der Waals surface area contributed by atoms with Crippen molar-refractivity contribution in [3.05, 3.63) is 23.8 Å². The third-order valence-electron chi connectivity index (χ3n) is 3.34. The first-order valence-electron chi connectivity index (χ1n) is 6.99. The predicted octanol–water partition coefficient (Wildman–Crippen LogP) is 1.52. The number of carbonyl (C=O) groups is 1. The van der Waals surface area contributed by atoms with Gasteiger partial charge in [0.05, 0.1) is 6.04 Å². The zero-order valence-corrected chi connectivity index (χ0v) is 13.2. The fourth-order valence-corrected chi connectivity index (χ4v) is 1.99. The first-order chi connectivity index (χ1) is 9.58. The Hall–Kier alpha value is -1.46. The number of rotatable bonds is 5. The van der Waals surface area contributed by atoms with E-state index in [0.717, 1.165) is 23.5 Å². The summed E-state index contributed by atoms with van der Waals surface area (Å²) in [4.78, 5) is 11.7. The second-order valence-corrected chi connectivity index (χ2v) is 5.29. The summed E-state index contributed by atoms with van der Waals surface area (Å²) < 4.78 is 11.0. The summed E-state index contributed by atoms with van der Waals surface area (Å²) >= 11 is 0. The summed E-state index contributed by atoms with van der Waals surface area (Å²) in [5.41, 5.74) is 6.89. The lowest BCUT2D eigenvalue weighted by Crippen LogP contribution is -2.44. The molecule has 0 bridgehead atoms. The maximum absolute atomic E-state index is 11.7. The van der Waals surface area contributed by atoms with Gasteiger partial charge in [-0.1, -0.05) is 19.9 Å². The van der Waals surface area contributed by atoms with Crippen LogP contribution in [0.15, 0.2) is 18.2 Å². The molecule has 1 amide bonds. The molecule has 0 unspecified atom stereocenters. The Bertz CT molecular complexity index is 480. The van der Waals surface area contributed by atoms with Crippen molar-refractivity contribution in [1.29, 1.82) is 0 Å². The molecular formula is C15H23ClN2O3. The molecule has 3 N–H and O–H groups in total. The summed E-state index contributed by atoms with van der Waals surface area (Å²) in [6, 6.07) is 5.41. The van der Waals surface area contributed by atoms with E-state index in [1.165, 1.54) is 0 Å². The largest absolute Gasteiger partial charge is 0.486 e. The molecule has 0 aromatic heterocycles. The van der Waals surface area contributed by atoms with Crippen LogP contribution in [0.3, 0.4) is 0 Å². The Kier molecular flexibility index (Phi) is 6.78. The zero-order valence-electron chi connectivity index (χ0n) is 12.4. The van der Waals surface area contributed by atoms with E-state index in [1.54, 1.807) is 0 Å². The van der Waals surface area contributed by atoms with Crippen LogP contribution in [-0.2, 0) is 11.2 Å². The van der Waals surface area contributed by atoms with Crippen LogP contribution in [-0.4, -0.2) is 31.7 Å². The molecule has 2 rings (SSSR count). The SMILES string of the molecule is CC(C)[C@@H](N)C(=O)NCCc1ccc2c(c1)OCCO2.Cl. The normalized spacial score (nSPS) is 14.3. The number of ether oxygens (including phenoxy) is 2. The summed E-state index contributed by atoms with van der Waals surface area (Å²) in [5.74, 6) is 1.60. The molecule has 118 valence electrons. The highest BCUT2D eigenvalue weighted by molar-refractivity contribution is 5.85. The lowest BCUT2D eigenvalue weighted by Gasteiger charge is -2.19. The van der Waals surface area contributed by atoms with E-state index in [-0.39, 0.29) is 24.2 Å². The van der Waals surface area contributed by atoms with Gasteiger partial charge in [0.2, 0.25) is 5.91 Å². The lowest BCUT2D eigenvalue weighted by molar-refractivity contribution is -0.123. The van der Waals surface area contributed by atoms with Crippen molar-refractivity contribution < 1.29 is 14.3 Å². The monoisotopic (exact) mass is 314 g/mol. The van der Waals surface area contributed by atoms with Crippen molar-refractivity contribution in [1.82, 2.24) is 5.32 Å². The van der Waals surface area contributed by atoms with Gasteiger partial charge in [-0.2, -0.15) is 0 Å². The number of carbonyl (C=O) groups excluding carboxylic acids is 1. The van der Waals surface area contributed by atoms with Gasteiger partial charge < -0.3 is 20.5 Å². The molecule has 0 fully saturated rings. The quantitative estimate of drug-likeness (QED) is 0.864. The zero-order chi connectivity index (χ0) is 14.5. The van der Waals surface area contributed by atoms with Crippen molar-refractivity contribution in [2.75, 3.05) is 19.8 Å². The van der Waals surface area contributed by atoms with Gasteiger partial charge in [-0.05, 0) is 30.0 Å². The summed E-state index contributed by atoms with van der Waals surface area (Å²) in [6.07, 6.45) is 0.743. The molecule has 1 aliphatic rings. The number of fused-ring (bicyclic) bond motifs is 1. The van der Waals surface area contributed by atoms with Crippen molar-refractivity contribution >= 4 is 18.3 Å². The van der Waals surface area contributed by atoms with E-state index in [0.29, 0.717) is 19.8 Å². The molecule has 0 aliphatic carbocycles. The number of amides is 1. The lowest BCUT2D eigenvalue weighted by atomic mass is 10.0. The first kappa shape index (κ1) is 17.6. The maximum atomic E-state index is 11.7. The molecule has 0 saturated heterocycles. The van der Waals surface area contributed by atoms with Gasteiger partial charge in [0.25, 0.3) is 0 Å². The van der Waals surface area contributed by atoms with Gasteiger partial charge in [-0.25, -0.2) is 0 Å². The summed E-state index contributed by atoms with van der Waals surface area (Å²) in [7, 11) is 0. The third-order valence-corrected chi connectivity index (χ3v) is 3.34. The standard InChI is InChI=1S/C15H22N2O3.ClH/c1-10(2)14(16)15(18)17-6-5-11-3-4-12-13(9-11)20-8-7-19-12;/h3-4,9-10,14H,5-8,16H2,1-2H3,(H,17,18);1H/t14-;/m1./s1. The van der Waals surface area contributed by atoms with Crippen molar-refractivity contribution in [3.8, 4) is 11.5 Å². The summed E-state index contributed by atoms with van der Waals surface area (Å²) in [5, 5.41) is 2.86. The van der Waals surface area contributed by atoms with Crippen LogP contribution in [0.2, 0.25) is 0 Å². The van der Waals surface area contributed by atoms with E-state index in [1.807, 2.05) is 32.0 Å². The highest BCUT2D eigenvalue weighted by atomic mass is 35.5. The minimum atomic E-state index is -0.449. The maximum Gasteiger partial charge on any atom is 0.237 e. The average Bonchev–Trinajstić information content (AvgIpc) is 2.46. The van der Waals surface area contributed by atoms with Gasteiger partial charge in [0, 0.05) is 6.54 Å². The Morgan fingerprint density at radius 3 is 2.62 bits per heavy atom. The van der Waals surface area contributed by atoms with E-state index >= 15 is 0 Å². The molecule has 0 spiro atoms. The number of halogens is 1. The molecule has 6 heteroatoms. The number of hydrogen-bond acceptors (Lipinski definition) is 4. The Morgan fingerprint density at radius 1 is 1.29 bits per heavy atom. The van der Waals surface area contributed by atoms with Crippen molar-refractivity contribution in [2.45, 2.75) is 26.3 Å². The second-order valence-electron chi connectivity index (χ2n) is 5.29. The van der Waals surface area contributed by atoms with E-state index in [2.05, 4.69) is 5.32 Å². The Labute approximate surface area is 131 Å². The van der Waals surface area contributed by atoms with E-state index in [9.17, 15) is 4.79 Å². The molecule has 5 nitrogen and oxygen atoms in total. The first-order valence-corrected chi connectivity index (χ1v) is 6.99. The highest BCUT2D eigenvalue weighted by Crippen LogP contribution is 2.30. The molecule has 1 aromatic rings.